The second-order valence-corrected chi connectivity index (χ2v) is 10.6. The van der Waals surface area contributed by atoms with Crippen molar-refractivity contribution in [1.29, 1.82) is 0 Å². The molecule has 0 saturated heterocycles. The van der Waals surface area contributed by atoms with Gasteiger partial charge in [0, 0.05) is 29.1 Å². The average molecular weight is 449 g/mol. The molecule has 0 radical (unpaired) electrons. The highest BCUT2D eigenvalue weighted by atomic mass is 19.1. The molecule has 3 saturated carbocycles. The number of rotatable bonds is 4. The van der Waals surface area contributed by atoms with Gasteiger partial charge in [0.05, 0.1) is 6.10 Å². The van der Waals surface area contributed by atoms with Crippen LogP contribution in [-0.4, -0.2) is 46.1 Å². The molecule has 2 unspecified atom stereocenters. The van der Waals surface area contributed by atoms with Crippen molar-refractivity contribution in [2.24, 2.45) is 34.5 Å². The van der Waals surface area contributed by atoms with Crippen LogP contribution in [0.3, 0.4) is 0 Å². The van der Waals surface area contributed by atoms with E-state index in [4.69, 9.17) is 4.74 Å². The predicted octanol–water partition coefficient (Wildman–Crippen LogP) is 3.06. The van der Waals surface area contributed by atoms with Crippen LogP contribution in [0.5, 0.6) is 0 Å². The summed E-state index contributed by atoms with van der Waals surface area (Å²) in [6.07, 6.45) is 4.00. The minimum Gasteiger partial charge on any atom is -0.450 e. The Bertz CT molecular complexity index is 923. The van der Waals surface area contributed by atoms with E-state index in [1.54, 1.807) is 13.0 Å². The van der Waals surface area contributed by atoms with E-state index in [-0.39, 0.29) is 36.5 Å². The first-order valence-electron chi connectivity index (χ1n) is 11.6. The number of ketones is 2. The number of carbonyl (C=O) groups is 3. The highest BCUT2D eigenvalue weighted by Gasteiger charge is 2.72. The van der Waals surface area contributed by atoms with Gasteiger partial charge in [0.1, 0.15) is 6.61 Å². The van der Waals surface area contributed by atoms with Crippen LogP contribution in [0.4, 0.5) is 4.39 Å². The number of hydrogen-bond acceptors (Lipinski definition) is 6. The maximum atomic E-state index is 14.8. The molecule has 0 spiro atoms. The molecule has 6 nitrogen and oxygen atoms in total. The van der Waals surface area contributed by atoms with Crippen molar-refractivity contribution in [2.45, 2.75) is 71.5 Å². The summed E-state index contributed by atoms with van der Waals surface area (Å²) in [5.74, 6) is -3.11. The number of aliphatic hydroxyl groups excluding tert-OH is 2. The molecular formula is C25H33FO6. The summed E-state index contributed by atoms with van der Waals surface area (Å²) < 4.78 is 20.7. The monoisotopic (exact) mass is 448 g/mol. The lowest BCUT2D eigenvalue weighted by Gasteiger charge is -2.60. The lowest BCUT2D eigenvalue weighted by atomic mass is 9.46. The number of aliphatic hydroxyl groups is 2. The van der Waals surface area contributed by atoms with Gasteiger partial charge in [0.25, 0.3) is 0 Å². The molecule has 4 rings (SSSR count). The fourth-order valence-electron chi connectivity index (χ4n) is 7.96. The fourth-order valence-corrected chi connectivity index (χ4v) is 7.96. The van der Waals surface area contributed by atoms with Crippen LogP contribution in [0.25, 0.3) is 0 Å². The first kappa shape index (κ1) is 23.3. The Kier molecular flexibility index (Phi) is 5.53. The van der Waals surface area contributed by atoms with E-state index in [1.807, 2.05) is 20.8 Å². The van der Waals surface area contributed by atoms with Gasteiger partial charge in [-0.2, -0.15) is 0 Å². The summed E-state index contributed by atoms with van der Waals surface area (Å²) in [6, 6.07) is 0. The zero-order chi connectivity index (χ0) is 23.6. The first-order valence-corrected chi connectivity index (χ1v) is 11.6. The molecule has 176 valence electrons. The topological polar surface area (TPSA) is 101 Å². The number of carbonyl (C=O) groups excluding carboxylic acids is 3. The van der Waals surface area contributed by atoms with Crippen LogP contribution in [-0.2, 0) is 19.1 Å². The van der Waals surface area contributed by atoms with E-state index in [2.05, 4.69) is 0 Å². The lowest BCUT2D eigenvalue weighted by molar-refractivity contribution is -0.205. The number of allylic oxidation sites excluding steroid dienone is 4. The molecule has 32 heavy (non-hydrogen) atoms. The normalized spacial score (nSPS) is 45.2. The third-order valence-electron chi connectivity index (χ3n) is 9.25. The molecule has 0 aliphatic heterocycles. The number of Topliss-reactive ketones (excluding diaryl/α,β-unsaturated/α-hetero) is 1. The molecule has 8 atom stereocenters. The second kappa shape index (κ2) is 7.59. The zero-order valence-electron chi connectivity index (χ0n) is 19.2. The SMILES string of the molecule is CCC(=O)O[C@]1(C(=O)CO)C(C)C[C@H]2[C@@H]3CCC4=C(F)C(=O)C=C[C@]4(C)[C@H]3C(O)C[C@@]21C. The highest BCUT2D eigenvalue weighted by molar-refractivity contribution is 6.04. The van der Waals surface area contributed by atoms with E-state index < -0.39 is 52.5 Å². The van der Waals surface area contributed by atoms with Crippen LogP contribution in [0, 0.1) is 34.5 Å². The van der Waals surface area contributed by atoms with E-state index in [0.717, 1.165) is 0 Å². The summed E-state index contributed by atoms with van der Waals surface area (Å²) in [6.45, 7) is 6.57. The number of ether oxygens (including phenoxy) is 1. The van der Waals surface area contributed by atoms with Gasteiger partial charge in [-0.05, 0) is 49.2 Å². The van der Waals surface area contributed by atoms with Gasteiger partial charge < -0.3 is 14.9 Å². The standard InChI is InChI=1S/C25H33FO6/c1-5-20(31)32-25(19(30)12-27)13(2)10-16-14-6-7-15-22(26)17(28)8-9-23(15,3)21(14)18(29)11-24(16,25)4/h8-9,13-14,16,18,21,27,29H,5-7,10-12H2,1-4H3/t13?,14-,16-,18?,21+,23-,24-,25-/m0/s1. The molecule has 0 amide bonds. The summed E-state index contributed by atoms with van der Waals surface area (Å²) in [7, 11) is 0. The molecule has 3 fully saturated rings. The summed E-state index contributed by atoms with van der Waals surface area (Å²) in [4.78, 5) is 37.5. The van der Waals surface area contributed by atoms with Gasteiger partial charge in [-0.1, -0.05) is 33.8 Å². The number of halogens is 1. The van der Waals surface area contributed by atoms with Crippen LogP contribution < -0.4 is 0 Å². The molecule has 0 aromatic rings. The Morgan fingerprint density at radius 2 is 2.00 bits per heavy atom. The Morgan fingerprint density at radius 3 is 2.62 bits per heavy atom. The quantitative estimate of drug-likeness (QED) is 0.641. The number of fused-ring (bicyclic) bond motifs is 5. The lowest BCUT2D eigenvalue weighted by Crippen LogP contribution is -2.64. The Labute approximate surface area is 187 Å². The maximum absolute atomic E-state index is 14.8. The third kappa shape index (κ3) is 2.79. The molecule has 4 aliphatic rings. The van der Waals surface area contributed by atoms with Crippen molar-refractivity contribution in [3.8, 4) is 0 Å². The average Bonchev–Trinajstić information content (AvgIpc) is 2.97. The molecule has 0 heterocycles. The molecular weight excluding hydrogens is 415 g/mol. The minimum absolute atomic E-state index is 0.0423. The van der Waals surface area contributed by atoms with Gasteiger partial charge in [-0.15, -0.1) is 0 Å². The fraction of sp³-hybridized carbons (Fsp3) is 0.720. The predicted molar refractivity (Wildman–Crippen MR) is 114 cm³/mol. The van der Waals surface area contributed by atoms with Crippen molar-refractivity contribution in [1.82, 2.24) is 0 Å². The van der Waals surface area contributed by atoms with Crippen molar-refractivity contribution >= 4 is 17.5 Å². The van der Waals surface area contributed by atoms with E-state index in [1.165, 1.54) is 6.08 Å². The van der Waals surface area contributed by atoms with Crippen LogP contribution >= 0.6 is 0 Å². The Morgan fingerprint density at radius 1 is 1.31 bits per heavy atom. The number of hydrogen-bond donors (Lipinski definition) is 2. The molecule has 0 aromatic carbocycles. The van der Waals surface area contributed by atoms with Crippen LogP contribution in [0.15, 0.2) is 23.6 Å². The first-order chi connectivity index (χ1) is 15.0. The van der Waals surface area contributed by atoms with Crippen LogP contribution in [0.2, 0.25) is 0 Å². The van der Waals surface area contributed by atoms with E-state index in [0.29, 0.717) is 24.8 Å². The summed E-state index contributed by atoms with van der Waals surface area (Å²) in [5.41, 5.74) is -2.69. The van der Waals surface area contributed by atoms with Crippen molar-refractivity contribution in [3.05, 3.63) is 23.6 Å². The smallest absolute Gasteiger partial charge is 0.306 e. The Balaban J connectivity index is 1.81. The van der Waals surface area contributed by atoms with Gasteiger partial charge in [-0.25, -0.2) is 4.39 Å². The summed E-state index contributed by atoms with van der Waals surface area (Å²) in [5, 5.41) is 21.3. The van der Waals surface area contributed by atoms with Gasteiger partial charge in [0.2, 0.25) is 11.6 Å². The molecule has 7 heteroatoms. The largest absolute Gasteiger partial charge is 0.450 e. The molecule has 0 aromatic heterocycles. The van der Waals surface area contributed by atoms with Crippen LogP contribution in [0.1, 0.15) is 59.8 Å². The maximum Gasteiger partial charge on any atom is 0.306 e. The number of esters is 1. The summed E-state index contributed by atoms with van der Waals surface area (Å²) >= 11 is 0. The molecule has 4 aliphatic carbocycles. The minimum atomic E-state index is -1.51. The van der Waals surface area contributed by atoms with Crippen molar-refractivity contribution in [2.75, 3.05) is 6.61 Å². The van der Waals surface area contributed by atoms with Crippen molar-refractivity contribution in [3.63, 3.8) is 0 Å². The van der Waals surface area contributed by atoms with Gasteiger partial charge in [-0.3, -0.25) is 14.4 Å². The molecule has 2 N–H and O–H groups in total. The molecule has 0 bridgehead atoms. The zero-order valence-corrected chi connectivity index (χ0v) is 19.2. The third-order valence-corrected chi connectivity index (χ3v) is 9.25. The van der Waals surface area contributed by atoms with Crippen molar-refractivity contribution < 1.29 is 33.7 Å². The van der Waals surface area contributed by atoms with Gasteiger partial charge >= 0.3 is 5.97 Å². The second-order valence-electron chi connectivity index (χ2n) is 10.6. The Hall–Kier alpha value is -1.86. The van der Waals surface area contributed by atoms with Gasteiger partial charge in [0.15, 0.2) is 11.4 Å². The highest BCUT2D eigenvalue weighted by Crippen LogP contribution is 2.69. The van der Waals surface area contributed by atoms with E-state index in [9.17, 15) is 29.0 Å². The van der Waals surface area contributed by atoms with E-state index >= 15 is 0 Å².